The maximum absolute atomic E-state index is 12.4. The van der Waals surface area contributed by atoms with E-state index >= 15 is 0 Å². The monoisotopic (exact) mass is 344 g/mol. The third-order valence-corrected chi connectivity index (χ3v) is 5.27. The molecule has 1 aromatic carbocycles. The van der Waals surface area contributed by atoms with Gasteiger partial charge in [-0.3, -0.25) is 14.5 Å². The first kappa shape index (κ1) is 17.9. The van der Waals surface area contributed by atoms with Crippen LogP contribution in [0.3, 0.4) is 0 Å². The molecule has 0 bridgehead atoms. The number of hydrogen-bond acceptors (Lipinski definition) is 4. The normalized spacial score (nSPS) is 23.7. The predicted octanol–water partition coefficient (Wildman–Crippen LogP) is 1.81. The summed E-state index contributed by atoms with van der Waals surface area (Å²) in [5.74, 6) is 0.117. The molecule has 6 heteroatoms. The highest BCUT2D eigenvalue weighted by Gasteiger charge is 2.33. The average molecular weight is 344 g/mol. The van der Waals surface area contributed by atoms with Crippen LogP contribution in [0.4, 0.5) is 11.4 Å². The third-order valence-electron chi connectivity index (χ3n) is 5.27. The highest BCUT2D eigenvalue weighted by atomic mass is 16.2. The second-order valence-electron chi connectivity index (χ2n) is 7.84. The minimum absolute atomic E-state index is 0.0224. The number of piperidine rings is 1. The van der Waals surface area contributed by atoms with Gasteiger partial charge in [0.15, 0.2) is 0 Å². The predicted molar refractivity (Wildman–Crippen MR) is 99.5 cm³/mol. The summed E-state index contributed by atoms with van der Waals surface area (Å²) in [5, 5.41) is 2.96. The lowest BCUT2D eigenvalue weighted by Crippen LogP contribution is -2.53. The molecule has 136 valence electrons. The van der Waals surface area contributed by atoms with E-state index in [-0.39, 0.29) is 23.3 Å². The number of benzene rings is 1. The fraction of sp³-hybridized carbons (Fsp3) is 0.579. The molecule has 2 amide bonds. The smallest absolute Gasteiger partial charge is 0.238 e. The van der Waals surface area contributed by atoms with E-state index in [1.807, 2.05) is 24.3 Å². The molecule has 2 heterocycles. The molecular weight excluding hydrogens is 316 g/mol. The van der Waals surface area contributed by atoms with E-state index < -0.39 is 0 Å². The third kappa shape index (κ3) is 4.19. The zero-order valence-electron chi connectivity index (χ0n) is 15.1. The number of carbonyl (C=O) groups excluding carboxylic acids is 2. The van der Waals surface area contributed by atoms with Gasteiger partial charge >= 0.3 is 0 Å². The van der Waals surface area contributed by atoms with E-state index in [1.54, 1.807) is 4.90 Å². The van der Waals surface area contributed by atoms with Gasteiger partial charge in [0.1, 0.15) is 0 Å². The Labute approximate surface area is 149 Å². The summed E-state index contributed by atoms with van der Waals surface area (Å²) in [6, 6.07) is 7.70. The average Bonchev–Trinajstić information content (AvgIpc) is 2.97. The van der Waals surface area contributed by atoms with E-state index in [2.05, 4.69) is 24.1 Å². The Morgan fingerprint density at radius 2 is 2.16 bits per heavy atom. The van der Waals surface area contributed by atoms with Gasteiger partial charge in [0.2, 0.25) is 11.8 Å². The van der Waals surface area contributed by atoms with Crippen LogP contribution in [0.15, 0.2) is 24.3 Å². The Hall–Kier alpha value is -1.92. The van der Waals surface area contributed by atoms with Crippen molar-refractivity contribution in [3.8, 4) is 0 Å². The summed E-state index contributed by atoms with van der Waals surface area (Å²) in [5.41, 5.74) is 7.76. The first-order valence-corrected chi connectivity index (χ1v) is 9.03. The van der Waals surface area contributed by atoms with Crippen LogP contribution in [-0.2, 0) is 9.59 Å². The van der Waals surface area contributed by atoms with Crippen LogP contribution >= 0.6 is 0 Å². The van der Waals surface area contributed by atoms with Crippen molar-refractivity contribution < 1.29 is 9.59 Å². The molecule has 0 spiro atoms. The first-order chi connectivity index (χ1) is 11.8. The van der Waals surface area contributed by atoms with Crippen LogP contribution in [0.25, 0.3) is 0 Å². The molecule has 1 atom stereocenters. The number of nitrogens with two attached hydrogens (primary N) is 1. The summed E-state index contributed by atoms with van der Waals surface area (Å²) in [7, 11) is 0. The minimum atomic E-state index is -0.0313. The molecule has 0 radical (unpaired) electrons. The lowest BCUT2D eigenvalue weighted by atomic mass is 9.80. The number of rotatable bonds is 4. The van der Waals surface area contributed by atoms with E-state index in [9.17, 15) is 9.59 Å². The maximum Gasteiger partial charge on any atom is 0.238 e. The second kappa shape index (κ2) is 7.14. The molecule has 25 heavy (non-hydrogen) atoms. The summed E-state index contributed by atoms with van der Waals surface area (Å²) < 4.78 is 0. The fourth-order valence-corrected chi connectivity index (χ4v) is 3.70. The van der Waals surface area contributed by atoms with Gasteiger partial charge in [-0.05, 0) is 36.5 Å². The Morgan fingerprint density at radius 1 is 1.36 bits per heavy atom. The SMILES string of the molecule is CC1(C)CN(CC(=O)Nc2cccc(N3CCCC3=O)c2)CCC1N. The number of nitrogens with one attached hydrogen (secondary N) is 1. The molecule has 2 fully saturated rings. The summed E-state index contributed by atoms with van der Waals surface area (Å²) in [4.78, 5) is 28.2. The van der Waals surface area contributed by atoms with Crippen LogP contribution in [0.5, 0.6) is 0 Å². The van der Waals surface area contributed by atoms with Crippen molar-refractivity contribution in [2.75, 3.05) is 36.4 Å². The molecule has 0 aliphatic carbocycles. The molecule has 1 aromatic rings. The minimum Gasteiger partial charge on any atom is -0.327 e. The number of anilines is 2. The van der Waals surface area contributed by atoms with Crippen molar-refractivity contribution in [3.63, 3.8) is 0 Å². The van der Waals surface area contributed by atoms with Gasteiger partial charge < -0.3 is 16.0 Å². The van der Waals surface area contributed by atoms with Crippen molar-refractivity contribution in [1.82, 2.24) is 4.90 Å². The molecule has 2 aliphatic heterocycles. The van der Waals surface area contributed by atoms with E-state index in [1.165, 1.54) is 0 Å². The van der Waals surface area contributed by atoms with Crippen LogP contribution in [-0.4, -0.2) is 48.9 Å². The van der Waals surface area contributed by atoms with E-state index in [0.29, 0.717) is 13.0 Å². The molecule has 1 unspecified atom stereocenters. The van der Waals surface area contributed by atoms with Gasteiger partial charge in [0, 0.05) is 43.5 Å². The molecule has 2 saturated heterocycles. The summed E-state index contributed by atoms with van der Waals surface area (Å²) in [6.45, 7) is 7.09. The maximum atomic E-state index is 12.4. The number of hydrogen-bond donors (Lipinski definition) is 2. The first-order valence-electron chi connectivity index (χ1n) is 9.03. The molecule has 0 aromatic heterocycles. The number of amides is 2. The topological polar surface area (TPSA) is 78.7 Å². The number of likely N-dealkylation sites (tertiary alicyclic amines) is 1. The van der Waals surface area contributed by atoms with Crippen molar-refractivity contribution in [3.05, 3.63) is 24.3 Å². The molecular formula is C19H28N4O2. The van der Waals surface area contributed by atoms with Crippen molar-refractivity contribution in [2.45, 2.75) is 39.2 Å². The molecule has 2 aliphatic rings. The van der Waals surface area contributed by atoms with Gasteiger partial charge in [0.05, 0.1) is 6.54 Å². The van der Waals surface area contributed by atoms with Gasteiger partial charge in [-0.1, -0.05) is 19.9 Å². The highest BCUT2D eigenvalue weighted by molar-refractivity contribution is 5.97. The van der Waals surface area contributed by atoms with Gasteiger partial charge in [-0.15, -0.1) is 0 Å². The molecule has 3 N–H and O–H groups in total. The van der Waals surface area contributed by atoms with Crippen LogP contribution in [0, 0.1) is 5.41 Å². The van der Waals surface area contributed by atoms with E-state index in [4.69, 9.17) is 5.73 Å². The Balaban J connectivity index is 1.59. The van der Waals surface area contributed by atoms with Crippen LogP contribution in [0.1, 0.15) is 33.1 Å². The number of carbonyl (C=O) groups is 2. The molecule has 3 rings (SSSR count). The molecule has 6 nitrogen and oxygen atoms in total. The van der Waals surface area contributed by atoms with Crippen molar-refractivity contribution in [1.29, 1.82) is 0 Å². The van der Waals surface area contributed by atoms with Crippen LogP contribution in [0.2, 0.25) is 0 Å². The Kier molecular flexibility index (Phi) is 5.11. The van der Waals surface area contributed by atoms with Crippen molar-refractivity contribution in [2.24, 2.45) is 11.1 Å². The fourth-order valence-electron chi connectivity index (χ4n) is 3.70. The summed E-state index contributed by atoms with van der Waals surface area (Å²) in [6.07, 6.45) is 2.40. The largest absolute Gasteiger partial charge is 0.327 e. The Bertz CT molecular complexity index is 659. The van der Waals surface area contributed by atoms with Gasteiger partial charge in [-0.2, -0.15) is 0 Å². The number of nitrogens with zero attached hydrogens (tertiary/aromatic N) is 2. The van der Waals surface area contributed by atoms with Gasteiger partial charge in [-0.25, -0.2) is 0 Å². The zero-order chi connectivity index (χ0) is 18.0. The Morgan fingerprint density at radius 3 is 2.84 bits per heavy atom. The lowest BCUT2D eigenvalue weighted by molar-refractivity contribution is -0.118. The standard InChI is InChI=1S/C19H28N4O2/c1-19(2)13-22(10-8-16(19)20)12-17(24)21-14-5-3-6-15(11-14)23-9-4-7-18(23)25/h3,5-6,11,16H,4,7-10,12-13,20H2,1-2H3,(H,21,24). The van der Waals surface area contributed by atoms with E-state index in [0.717, 1.165) is 43.9 Å². The zero-order valence-corrected chi connectivity index (χ0v) is 15.1. The second-order valence-corrected chi connectivity index (χ2v) is 7.84. The van der Waals surface area contributed by atoms with Crippen LogP contribution < -0.4 is 16.0 Å². The quantitative estimate of drug-likeness (QED) is 0.873. The summed E-state index contributed by atoms with van der Waals surface area (Å²) >= 11 is 0. The highest BCUT2D eigenvalue weighted by Crippen LogP contribution is 2.28. The lowest BCUT2D eigenvalue weighted by Gasteiger charge is -2.42. The molecule has 0 saturated carbocycles. The van der Waals surface area contributed by atoms with Crippen molar-refractivity contribution >= 4 is 23.2 Å². The van der Waals surface area contributed by atoms with Gasteiger partial charge in [0.25, 0.3) is 0 Å².